The van der Waals surface area contributed by atoms with Crippen LogP contribution in [-0.2, 0) is 0 Å². The van der Waals surface area contributed by atoms with E-state index in [1.807, 2.05) is 0 Å². The summed E-state index contributed by atoms with van der Waals surface area (Å²) in [5.74, 6) is 0. The molecular weight excluding hydrogens is 161 g/mol. The molecule has 1 rings (SSSR count). The van der Waals surface area contributed by atoms with E-state index in [9.17, 15) is 0 Å². The van der Waals surface area contributed by atoms with Crippen LogP contribution >= 0.6 is 16.2 Å². The van der Waals surface area contributed by atoms with Crippen molar-refractivity contribution in [2.24, 2.45) is 0 Å². The van der Waals surface area contributed by atoms with Gasteiger partial charge in [0.05, 0.1) is 0 Å². The first-order chi connectivity index (χ1) is 2.50. The van der Waals surface area contributed by atoms with Crippen molar-refractivity contribution in [3.05, 3.63) is 0 Å². The van der Waals surface area contributed by atoms with Gasteiger partial charge in [-0.05, 0) is 0 Å². The monoisotopic (exact) mass is 163 g/mol. The molecule has 0 aromatic heterocycles. The van der Waals surface area contributed by atoms with Gasteiger partial charge in [-0.2, -0.15) is 0 Å². The molecule has 0 aromatic rings. The van der Waals surface area contributed by atoms with Crippen LogP contribution in [0.15, 0.2) is 0 Å². The zero-order valence-electron chi connectivity index (χ0n) is 2.50. The second kappa shape index (κ2) is 2.25. The molecule has 5 heavy (non-hydrogen) atoms. The maximum atomic E-state index is 2.36. The molecule has 0 amide bonds. The van der Waals surface area contributed by atoms with Gasteiger partial charge in [-0.15, -0.1) is 0 Å². The molecule has 0 radical (unpaired) electrons. The van der Waals surface area contributed by atoms with Gasteiger partial charge in [0.15, 0.2) is 0 Å². The van der Waals surface area contributed by atoms with Crippen LogP contribution in [-0.4, -0.2) is 24.4 Å². The molecule has 0 unspecified atom stereocenters. The molecular formula is C2H2AsP2-. The summed E-state index contributed by atoms with van der Waals surface area (Å²) in [4.78, 5) is 0. The molecule has 0 bridgehead atoms. The normalized spacial score (nSPS) is 28.8. The molecule has 0 aliphatic carbocycles. The van der Waals surface area contributed by atoms with Gasteiger partial charge in [-0.25, -0.2) is 0 Å². The van der Waals surface area contributed by atoms with Crippen LogP contribution < -0.4 is 0 Å². The zero-order chi connectivity index (χ0) is 3.54. The van der Waals surface area contributed by atoms with Gasteiger partial charge in [0.1, 0.15) is 0 Å². The minimum atomic E-state index is 0.579. The standard InChI is InChI=1S/C2H2AsP2/c1-3-2-5-4-1/h1-2H/q-1. The summed E-state index contributed by atoms with van der Waals surface area (Å²) in [5.41, 5.74) is 0. The Balaban J connectivity index is 2.61. The van der Waals surface area contributed by atoms with Crippen molar-refractivity contribution in [1.29, 1.82) is 0 Å². The third-order valence-corrected chi connectivity index (χ3v) is 7.51. The summed E-state index contributed by atoms with van der Waals surface area (Å²) >= 11 is 0.579. The van der Waals surface area contributed by atoms with Gasteiger partial charge >= 0.3 is 40.6 Å². The van der Waals surface area contributed by atoms with Gasteiger partial charge in [-0.1, -0.05) is 0 Å². The van der Waals surface area contributed by atoms with Crippen LogP contribution in [0.5, 0.6) is 0 Å². The first kappa shape index (κ1) is 4.19. The van der Waals surface area contributed by atoms with Crippen molar-refractivity contribution >= 4 is 40.6 Å². The summed E-state index contributed by atoms with van der Waals surface area (Å²) in [5, 5.41) is 0. The van der Waals surface area contributed by atoms with Crippen molar-refractivity contribution < 1.29 is 0 Å². The van der Waals surface area contributed by atoms with E-state index in [1.54, 1.807) is 0 Å². The fourth-order valence-corrected chi connectivity index (χ4v) is 6.97. The molecule has 0 atom stereocenters. The second-order valence-corrected chi connectivity index (χ2v) is 6.45. The number of hydrogen-bond donors (Lipinski definition) is 0. The molecule has 26 valence electrons. The van der Waals surface area contributed by atoms with Gasteiger partial charge in [0.25, 0.3) is 0 Å². The van der Waals surface area contributed by atoms with Crippen LogP contribution in [0.2, 0.25) is 0 Å². The van der Waals surface area contributed by atoms with Crippen molar-refractivity contribution in [2.75, 3.05) is 0 Å². The molecule has 0 nitrogen and oxygen atoms in total. The first-order valence-electron chi connectivity index (χ1n) is 1.23. The Labute approximate surface area is 41.0 Å². The predicted octanol–water partition coefficient (Wildman–Crippen LogP) is 1.03. The Morgan fingerprint density at radius 1 is 1.80 bits per heavy atom. The van der Waals surface area contributed by atoms with Crippen LogP contribution in [0.4, 0.5) is 0 Å². The molecule has 0 fully saturated rings. The first-order valence-corrected chi connectivity index (χ1v) is 6.03. The molecule has 1 aliphatic rings. The topological polar surface area (TPSA) is 0 Å². The number of rotatable bonds is 0. The van der Waals surface area contributed by atoms with Crippen molar-refractivity contribution in [3.63, 3.8) is 0 Å². The molecule has 0 spiro atoms. The van der Waals surface area contributed by atoms with Crippen LogP contribution in [0.1, 0.15) is 0 Å². The van der Waals surface area contributed by atoms with E-state index in [4.69, 9.17) is 0 Å². The summed E-state index contributed by atoms with van der Waals surface area (Å²) in [6.45, 7) is 0. The third-order valence-electron chi connectivity index (χ3n) is 0.303. The predicted molar refractivity (Wildman–Crippen MR) is 31.7 cm³/mol. The second-order valence-electron chi connectivity index (χ2n) is 0.611. The fourth-order valence-electron chi connectivity index (χ4n) is 0.149. The maximum absolute atomic E-state index is 2.36. The van der Waals surface area contributed by atoms with Gasteiger partial charge in [-0.3, -0.25) is 0 Å². The van der Waals surface area contributed by atoms with E-state index in [2.05, 4.69) is 9.13 Å². The molecule has 0 aromatic carbocycles. The number of hydrogen-bond acceptors (Lipinski definition) is 0. The molecule has 1 aliphatic heterocycles. The molecule has 0 N–H and O–H groups in total. The van der Waals surface area contributed by atoms with Crippen LogP contribution in [0.3, 0.4) is 0 Å². The van der Waals surface area contributed by atoms with Gasteiger partial charge < -0.3 is 0 Å². The van der Waals surface area contributed by atoms with Crippen LogP contribution in [0.25, 0.3) is 0 Å². The Hall–Kier alpha value is 1.03. The summed E-state index contributed by atoms with van der Waals surface area (Å²) in [6, 6.07) is 0. The third kappa shape index (κ3) is 1.27. The summed E-state index contributed by atoms with van der Waals surface area (Å²) in [6.07, 6.45) is 0. The average molecular weight is 163 g/mol. The Morgan fingerprint density at radius 2 is 2.80 bits per heavy atom. The quantitative estimate of drug-likeness (QED) is 0.369. The van der Waals surface area contributed by atoms with E-state index in [1.165, 1.54) is 16.2 Å². The average Bonchev–Trinajstić information content (AvgIpc) is 1.76. The van der Waals surface area contributed by atoms with Gasteiger partial charge in [0, 0.05) is 0 Å². The summed E-state index contributed by atoms with van der Waals surface area (Å²) < 4.78 is 4.72. The SMILES string of the molecule is C1=P[P-]C=[As]1. The van der Waals surface area contributed by atoms with E-state index >= 15 is 0 Å². The van der Waals surface area contributed by atoms with E-state index < -0.39 is 0 Å². The molecule has 3 heteroatoms. The Kier molecular flexibility index (Phi) is 1.88. The summed E-state index contributed by atoms with van der Waals surface area (Å²) in [7, 11) is 3.05. The van der Waals surface area contributed by atoms with Crippen LogP contribution in [0, 0.1) is 0 Å². The molecule has 0 saturated carbocycles. The fraction of sp³-hybridized carbons (Fsp3) is 0. The van der Waals surface area contributed by atoms with E-state index in [0.29, 0.717) is 15.3 Å². The Bertz CT molecular complexity index is 65.7. The van der Waals surface area contributed by atoms with Crippen molar-refractivity contribution in [1.82, 2.24) is 0 Å². The zero-order valence-corrected chi connectivity index (χ0v) is 6.16. The van der Waals surface area contributed by atoms with Crippen molar-refractivity contribution in [2.45, 2.75) is 0 Å². The molecule has 0 saturated heterocycles. The Morgan fingerprint density at radius 3 is 3.00 bits per heavy atom. The van der Waals surface area contributed by atoms with E-state index in [0.717, 1.165) is 0 Å². The minimum absolute atomic E-state index is 0.579. The van der Waals surface area contributed by atoms with Gasteiger partial charge in [0.2, 0.25) is 0 Å². The van der Waals surface area contributed by atoms with E-state index in [-0.39, 0.29) is 0 Å². The van der Waals surface area contributed by atoms with Crippen molar-refractivity contribution in [3.8, 4) is 0 Å². The molecule has 1 heterocycles.